The Morgan fingerprint density at radius 1 is 1.27 bits per heavy atom. The molecule has 8 nitrogen and oxygen atoms in total. The average molecular weight is 359 g/mol. The van der Waals surface area contributed by atoms with E-state index in [4.69, 9.17) is 9.47 Å². The summed E-state index contributed by atoms with van der Waals surface area (Å²) in [6.45, 7) is 5.78. The van der Waals surface area contributed by atoms with E-state index in [0.29, 0.717) is 18.7 Å². The standard InChI is InChI=1S/C18H21N3O5/c1-18(2,3)26-17(22)20-11-9-13-6-4-7-14(12-13)25-16-15(21(23)24)8-5-10-19-16/h4-8,10,12H,9,11H2,1-3H3,(H,20,22). The molecular weight excluding hydrogens is 338 g/mol. The highest BCUT2D eigenvalue weighted by molar-refractivity contribution is 5.67. The summed E-state index contributed by atoms with van der Waals surface area (Å²) in [6, 6.07) is 9.88. The van der Waals surface area contributed by atoms with Crippen LogP contribution >= 0.6 is 0 Å². The van der Waals surface area contributed by atoms with Crippen LogP contribution < -0.4 is 10.1 Å². The summed E-state index contributed by atoms with van der Waals surface area (Å²) < 4.78 is 10.7. The first kappa shape index (κ1) is 19.2. The lowest BCUT2D eigenvalue weighted by Crippen LogP contribution is -2.33. The number of carbonyl (C=O) groups excluding carboxylic acids is 1. The molecule has 0 saturated heterocycles. The molecule has 26 heavy (non-hydrogen) atoms. The summed E-state index contributed by atoms with van der Waals surface area (Å²) in [5, 5.41) is 13.7. The molecule has 0 bridgehead atoms. The molecule has 2 aromatic rings. The maximum atomic E-state index is 11.6. The van der Waals surface area contributed by atoms with Crippen LogP contribution in [0.1, 0.15) is 26.3 Å². The van der Waals surface area contributed by atoms with Crippen LogP contribution in [-0.2, 0) is 11.2 Å². The van der Waals surface area contributed by atoms with Crippen molar-refractivity contribution >= 4 is 11.8 Å². The summed E-state index contributed by atoms with van der Waals surface area (Å²) in [7, 11) is 0. The smallest absolute Gasteiger partial charge is 0.407 e. The van der Waals surface area contributed by atoms with E-state index in [-0.39, 0.29) is 11.6 Å². The Labute approximate surface area is 151 Å². The summed E-state index contributed by atoms with van der Waals surface area (Å²) >= 11 is 0. The first-order chi connectivity index (χ1) is 12.2. The highest BCUT2D eigenvalue weighted by Crippen LogP contribution is 2.28. The Kier molecular flexibility index (Phi) is 6.11. The van der Waals surface area contributed by atoms with Crippen molar-refractivity contribution in [3.05, 3.63) is 58.3 Å². The third kappa shape index (κ3) is 6.04. The summed E-state index contributed by atoms with van der Waals surface area (Å²) in [5.41, 5.74) is 0.150. The minimum atomic E-state index is -0.546. The molecule has 0 unspecified atom stereocenters. The fourth-order valence-corrected chi connectivity index (χ4v) is 2.10. The van der Waals surface area contributed by atoms with Gasteiger partial charge in [-0.3, -0.25) is 10.1 Å². The number of nitrogens with one attached hydrogen (secondary N) is 1. The SMILES string of the molecule is CC(C)(C)OC(=O)NCCc1cccc(Oc2ncccc2[N+](=O)[O-])c1. The van der Waals surface area contributed by atoms with Gasteiger partial charge in [0.2, 0.25) is 0 Å². The summed E-state index contributed by atoms with van der Waals surface area (Å²) in [4.78, 5) is 26.0. The van der Waals surface area contributed by atoms with Crippen molar-refractivity contribution in [3.63, 3.8) is 0 Å². The van der Waals surface area contributed by atoms with Gasteiger partial charge in [-0.15, -0.1) is 0 Å². The lowest BCUT2D eigenvalue weighted by molar-refractivity contribution is -0.386. The van der Waals surface area contributed by atoms with Gasteiger partial charge in [0, 0.05) is 18.8 Å². The summed E-state index contributed by atoms with van der Waals surface area (Å²) in [6.07, 6.45) is 1.51. The number of carbonyl (C=O) groups is 1. The van der Waals surface area contributed by atoms with Gasteiger partial charge in [0.25, 0.3) is 5.88 Å². The minimum Gasteiger partial charge on any atom is -0.444 e. The number of benzene rings is 1. The molecular formula is C18H21N3O5. The molecule has 2 rings (SSSR count). The number of pyridine rings is 1. The van der Waals surface area contributed by atoms with Gasteiger partial charge in [-0.05, 0) is 51.0 Å². The lowest BCUT2D eigenvalue weighted by atomic mass is 10.1. The topological polar surface area (TPSA) is 104 Å². The number of nitrogens with zero attached hydrogens (tertiary/aromatic N) is 2. The zero-order valence-corrected chi connectivity index (χ0v) is 14.9. The minimum absolute atomic E-state index is 0.0680. The quantitative estimate of drug-likeness (QED) is 0.620. The zero-order valence-electron chi connectivity index (χ0n) is 14.9. The van der Waals surface area contributed by atoms with E-state index in [2.05, 4.69) is 10.3 Å². The van der Waals surface area contributed by atoms with Crippen molar-refractivity contribution in [2.24, 2.45) is 0 Å². The third-order valence-electron chi connectivity index (χ3n) is 3.14. The van der Waals surface area contributed by atoms with Gasteiger partial charge in [-0.25, -0.2) is 9.78 Å². The Morgan fingerprint density at radius 2 is 2.04 bits per heavy atom. The molecule has 0 fully saturated rings. The second kappa shape index (κ2) is 8.28. The van der Waals surface area contributed by atoms with Crippen LogP contribution in [0.25, 0.3) is 0 Å². The molecule has 0 saturated carbocycles. The number of rotatable bonds is 6. The normalized spacial score (nSPS) is 10.9. The lowest BCUT2D eigenvalue weighted by Gasteiger charge is -2.19. The predicted octanol–water partition coefficient (Wildman–Crippen LogP) is 3.85. The second-order valence-electron chi connectivity index (χ2n) is 6.51. The maximum Gasteiger partial charge on any atom is 0.407 e. The number of aromatic nitrogens is 1. The van der Waals surface area contributed by atoms with Gasteiger partial charge >= 0.3 is 11.8 Å². The van der Waals surface area contributed by atoms with Crippen LogP contribution in [0.15, 0.2) is 42.6 Å². The molecule has 1 amide bonds. The molecule has 8 heteroatoms. The van der Waals surface area contributed by atoms with Crippen molar-refractivity contribution in [1.82, 2.24) is 10.3 Å². The number of nitro groups is 1. The van der Waals surface area contributed by atoms with Gasteiger partial charge in [0.05, 0.1) is 4.92 Å². The molecule has 0 aliphatic heterocycles. The molecule has 0 aliphatic rings. The van der Waals surface area contributed by atoms with Gasteiger partial charge < -0.3 is 14.8 Å². The van der Waals surface area contributed by atoms with Crippen LogP contribution in [0.4, 0.5) is 10.5 Å². The maximum absolute atomic E-state index is 11.6. The Bertz CT molecular complexity index is 786. The van der Waals surface area contributed by atoms with E-state index in [1.807, 2.05) is 6.07 Å². The van der Waals surface area contributed by atoms with Crippen LogP contribution in [0, 0.1) is 10.1 Å². The van der Waals surface area contributed by atoms with Crippen molar-refractivity contribution in [1.29, 1.82) is 0 Å². The molecule has 138 valence electrons. The largest absolute Gasteiger partial charge is 0.444 e. The molecule has 1 aromatic heterocycles. The number of ether oxygens (including phenoxy) is 2. The van der Waals surface area contributed by atoms with Crippen LogP contribution in [0.5, 0.6) is 11.6 Å². The summed E-state index contributed by atoms with van der Waals surface area (Å²) in [5.74, 6) is 0.364. The van der Waals surface area contributed by atoms with Gasteiger partial charge in [-0.1, -0.05) is 12.1 Å². The first-order valence-corrected chi connectivity index (χ1v) is 8.07. The fraction of sp³-hybridized carbons (Fsp3) is 0.333. The number of hydrogen-bond donors (Lipinski definition) is 1. The zero-order chi connectivity index (χ0) is 19.2. The molecule has 0 atom stereocenters. The van der Waals surface area contributed by atoms with Gasteiger partial charge in [0.15, 0.2) is 0 Å². The molecule has 0 aliphatic carbocycles. The molecule has 0 spiro atoms. The van der Waals surface area contributed by atoms with E-state index in [1.165, 1.54) is 18.3 Å². The highest BCUT2D eigenvalue weighted by Gasteiger charge is 2.17. The van der Waals surface area contributed by atoms with Crippen LogP contribution in [-0.4, -0.2) is 28.1 Å². The van der Waals surface area contributed by atoms with E-state index in [0.717, 1.165) is 5.56 Å². The third-order valence-corrected chi connectivity index (χ3v) is 3.14. The highest BCUT2D eigenvalue weighted by atomic mass is 16.6. The second-order valence-corrected chi connectivity index (χ2v) is 6.51. The molecule has 1 aromatic carbocycles. The Hall–Kier alpha value is -3.16. The first-order valence-electron chi connectivity index (χ1n) is 8.07. The number of amides is 1. The average Bonchev–Trinajstić information content (AvgIpc) is 2.54. The van der Waals surface area contributed by atoms with Crippen LogP contribution in [0.2, 0.25) is 0 Å². The van der Waals surface area contributed by atoms with Crippen molar-refractivity contribution in [2.45, 2.75) is 32.8 Å². The van der Waals surface area contributed by atoms with E-state index in [9.17, 15) is 14.9 Å². The Balaban J connectivity index is 1.96. The van der Waals surface area contributed by atoms with Crippen molar-refractivity contribution in [3.8, 4) is 11.6 Å². The monoisotopic (exact) mass is 359 g/mol. The number of alkyl carbamates (subject to hydrolysis) is 1. The predicted molar refractivity (Wildman–Crippen MR) is 95.3 cm³/mol. The van der Waals surface area contributed by atoms with Crippen molar-refractivity contribution in [2.75, 3.05) is 6.54 Å². The fourth-order valence-electron chi connectivity index (χ4n) is 2.10. The molecule has 1 N–H and O–H groups in total. The molecule has 0 radical (unpaired) electrons. The van der Waals surface area contributed by atoms with Crippen LogP contribution in [0.3, 0.4) is 0 Å². The Morgan fingerprint density at radius 3 is 2.73 bits per heavy atom. The van der Waals surface area contributed by atoms with Crippen molar-refractivity contribution < 1.29 is 19.2 Å². The van der Waals surface area contributed by atoms with E-state index < -0.39 is 16.6 Å². The molecule has 1 heterocycles. The van der Waals surface area contributed by atoms with Gasteiger partial charge in [-0.2, -0.15) is 0 Å². The van der Waals surface area contributed by atoms with E-state index >= 15 is 0 Å². The van der Waals surface area contributed by atoms with E-state index in [1.54, 1.807) is 39.0 Å². The number of hydrogen-bond acceptors (Lipinski definition) is 6. The van der Waals surface area contributed by atoms with Gasteiger partial charge in [0.1, 0.15) is 11.4 Å².